The molecular formula is C16H28Fe+. The van der Waals surface area contributed by atoms with Crippen LogP contribution in [0.15, 0.2) is 30.3 Å². The Balaban J connectivity index is -0.000000216. The fraction of sp³-hybridized carbons (Fsp3) is 0.500. The predicted molar refractivity (Wildman–Crippen MR) is 76.4 cm³/mol. The van der Waals surface area contributed by atoms with E-state index in [4.69, 9.17) is 0 Å². The predicted octanol–water partition coefficient (Wildman–Crippen LogP) is 5.66. The van der Waals surface area contributed by atoms with Gasteiger partial charge in [-0.15, -0.1) is 0 Å². The number of hydrogen-bond donors (Lipinski definition) is 0. The minimum atomic E-state index is 0. The van der Waals surface area contributed by atoms with Crippen molar-refractivity contribution in [1.82, 2.24) is 0 Å². The summed E-state index contributed by atoms with van der Waals surface area (Å²) in [6.07, 6.45) is 7.50. The first-order valence-electron chi connectivity index (χ1n) is 5.85. The Labute approximate surface area is 120 Å². The zero-order chi connectivity index (χ0) is 10.2. The maximum Gasteiger partial charge on any atom is 3.00 e. The fourth-order valence-corrected chi connectivity index (χ4v) is 1.72. The molecule has 0 amide bonds. The smallest absolute Gasteiger partial charge is 0.358 e. The molecule has 0 aromatic heterocycles. The summed E-state index contributed by atoms with van der Waals surface area (Å²) in [7, 11) is 0. The van der Waals surface area contributed by atoms with Crippen LogP contribution in [0.5, 0.6) is 0 Å². The van der Waals surface area contributed by atoms with E-state index in [2.05, 4.69) is 38.1 Å². The summed E-state index contributed by atoms with van der Waals surface area (Å²) in [5, 5.41) is 0. The van der Waals surface area contributed by atoms with Crippen molar-refractivity contribution >= 4 is 0 Å². The van der Waals surface area contributed by atoms with Crippen LogP contribution >= 0.6 is 0 Å². The largest absolute Gasteiger partial charge is 3.00 e. The van der Waals surface area contributed by atoms with Gasteiger partial charge in [-0.25, -0.2) is 0 Å². The summed E-state index contributed by atoms with van der Waals surface area (Å²) >= 11 is 0. The molecule has 17 heavy (non-hydrogen) atoms. The summed E-state index contributed by atoms with van der Waals surface area (Å²) in [6, 6.07) is 10.5. The molecule has 0 heterocycles. The maximum atomic E-state index is 2.20. The van der Waals surface area contributed by atoms with Gasteiger partial charge in [0, 0.05) is 0 Å². The van der Waals surface area contributed by atoms with Crippen molar-refractivity contribution < 1.29 is 17.1 Å². The Kier molecular flexibility index (Phi) is 17.8. The van der Waals surface area contributed by atoms with E-state index in [1.165, 1.54) is 37.7 Å². The van der Waals surface area contributed by atoms with Crippen LogP contribution in [-0.2, 0) is 17.1 Å². The molecule has 1 aliphatic rings. The van der Waals surface area contributed by atoms with Crippen LogP contribution in [0.1, 0.15) is 57.4 Å². The Hall–Kier alpha value is -0.261. The summed E-state index contributed by atoms with van der Waals surface area (Å²) in [5.74, 6) is 0.659. The molecule has 0 spiro atoms. The van der Waals surface area contributed by atoms with E-state index in [0.29, 0.717) is 5.92 Å². The van der Waals surface area contributed by atoms with Gasteiger partial charge in [0.15, 0.2) is 0 Å². The van der Waals surface area contributed by atoms with Crippen molar-refractivity contribution in [2.75, 3.05) is 0 Å². The molecule has 0 aliphatic heterocycles. The first-order valence-corrected chi connectivity index (χ1v) is 5.85. The van der Waals surface area contributed by atoms with E-state index < -0.39 is 0 Å². The van der Waals surface area contributed by atoms with Crippen LogP contribution in [-0.4, -0.2) is 0 Å². The van der Waals surface area contributed by atoms with Crippen molar-refractivity contribution in [3.63, 3.8) is 0 Å². The molecule has 0 atom stereocenters. The van der Waals surface area contributed by atoms with Gasteiger partial charge >= 0.3 is 17.1 Å². The van der Waals surface area contributed by atoms with Crippen LogP contribution < -0.4 is 0 Å². The molecule has 2 rings (SSSR count). The average molecular weight is 276 g/mol. The van der Waals surface area contributed by atoms with E-state index >= 15 is 0 Å². The fourth-order valence-electron chi connectivity index (χ4n) is 1.72. The third-order valence-corrected chi connectivity index (χ3v) is 2.72. The van der Waals surface area contributed by atoms with E-state index in [1.54, 1.807) is 0 Å². The Morgan fingerprint density at radius 3 is 1.35 bits per heavy atom. The molecule has 1 saturated carbocycles. The topological polar surface area (TPSA) is 0 Å². The van der Waals surface area contributed by atoms with Crippen molar-refractivity contribution in [3.8, 4) is 0 Å². The minimum absolute atomic E-state index is 0. The Morgan fingerprint density at radius 2 is 1.12 bits per heavy atom. The van der Waals surface area contributed by atoms with Gasteiger partial charge in [-0.2, -0.15) is 0 Å². The monoisotopic (exact) mass is 276 g/mol. The van der Waals surface area contributed by atoms with Crippen molar-refractivity contribution in [3.05, 3.63) is 50.7 Å². The summed E-state index contributed by atoms with van der Waals surface area (Å²) < 4.78 is 0. The third kappa shape index (κ3) is 10.6. The SMILES string of the molecule is C1CCCC1.CC(C)c1ccccc1.[CH3-].[CH3-].[Fe+3]. The molecule has 1 radical (unpaired) electrons. The Morgan fingerprint density at radius 1 is 0.765 bits per heavy atom. The quantitative estimate of drug-likeness (QED) is 0.458. The Bertz CT molecular complexity index is 217. The number of rotatable bonds is 1. The van der Waals surface area contributed by atoms with E-state index in [1.807, 2.05) is 6.07 Å². The molecule has 1 aromatic rings. The van der Waals surface area contributed by atoms with Gasteiger partial charge in [0.2, 0.25) is 0 Å². The third-order valence-electron chi connectivity index (χ3n) is 2.72. The zero-order valence-corrected chi connectivity index (χ0v) is 13.0. The van der Waals surface area contributed by atoms with Gasteiger partial charge in [0.1, 0.15) is 0 Å². The summed E-state index contributed by atoms with van der Waals surface area (Å²) in [5.41, 5.74) is 1.41. The average Bonchev–Trinajstić information content (AvgIpc) is 2.77. The van der Waals surface area contributed by atoms with Gasteiger partial charge < -0.3 is 14.9 Å². The molecule has 1 aliphatic carbocycles. The van der Waals surface area contributed by atoms with Gasteiger partial charge in [0.05, 0.1) is 0 Å². The first kappa shape index (κ1) is 22.0. The molecular weight excluding hydrogens is 248 g/mol. The molecule has 0 saturated heterocycles. The molecule has 1 fully saturated rings. The first-order chi connectivity index (χ1) is 6.80. The number of benzene rings is 1. The molecule has 0 unspecified atom stereocenters. The van der Waals surface area contributed by atoms with Crippen LogP contribution in [0.4, 0.5) is 0 Å². The van der Waals surface area contributed by atoms with Crippen molar-refractivity contribution in [2.45, 2.75) is 51.9 Å². The van der Waals surface area contributed by atoms with E-state index in [0.717, 1.165) is 0 Å². The summed E-state index contributed by atoms with van der Waals surface area (Å²) in [6.45, 7) is 4.41. The molecule has 0 N–H and O–H groups in total. The summed E-state index contributed by atoms with van der Waals surface area (Å²) in [4.78, 5) is 0. The van der Waals surface area contributed by atoms with Crippen LogP contribution in [0, 0.1) is 14.9 Å². The maximum absolute atomic E-state index is 2.20. The second kappa shape index (κ2) is 13.8. The second-order valence-corrected chi connectivity index (χ2v) is 4.33. The molecule has 0 nitrogen and oxygen atoms in total. The van der Waals surface area contributed by atoms with Gasteiger partial charge in [-0.1, -0.05) is 76.3 Å². The molecule has 0 bridgehead atoms. The van der Waals surface area contributed by atoms with Crippen molar-refractivity contribution in [1.29, 1.82) is 0 Å². The van der Waals surface area contributed by atoms with Crippen LogP contribution in [0.25, 0.3) is 0 Å². The molecule has 1 aromatic carbocycles. The van der Waals surface area contributed by atoms with Crippen LogP contribution in [0.2, 0.25) is 0 Å². The van der Waals surface area contributed by atoms with Gasteiger partial charge in [-0.05, 0) is 11.5 Å². The van der Waals surface area contributed by atoms with Gasteiger partial charge in [-0.3, -0.25) is 0 Å². The van der Waals surface area contributed by atoms with E-state index in [-0.39, 0.29) is 31.9 Å². The van der Waals surface area contributed by atoms with E-state index in [9.17, 15) is 0 Å². The second-order valence-electron chi connectivity index (χ2n) is 4.33. The number of hydrogen-bond acceptors (Lipinski definition) is 0. The van der Waals surface area contributed by atoms with Crippen LogP contribution in [0.3, 0.4) is 0 Å². The zero-order valence-electron chi connectivity index (χ0n) is 11.9. The van der Waals surface area contributed by atoms with Crippen molar-refractivity contribution in [2.24, 2.45) is 0 Å². The molecule has 99 valence electrons. The molecule has 1 heteroatoms. The minimum Gasteiger partial charge on any atom is -0.358 e. The van der Waals surface area contributed by atoms with Gasteiger partial charge in [0.25, 0.3) is 0 Å². The normalized spacial score (nSPS) is 12.4. The standard InChI is InChI=1S/C9H12.C5H10.2CH3.Fe/c1-8(2)9-6-4-3-5-7-9;1-2-4-5-3-1;;;/h3-8H,1-2H3;1-5H2;2*1H3;/q;;2*-1;+3.